The molecule has 1 aliphatic rings. The summed E-state index contributed by atoms with van der Waals surface area (Å²) in [6.07, 6.45) is 5.75. The van der Waals surface area contributed by atoms with Gasteiger partial charge in [0.05, 0.1) is 5.02 Å². The first-order valence-electron chi connectivity index (χ1n) is 8.35. The summed E-state index contributed by atoms with van der Waals surface area (Å²) in [6.45, 7) is 2.53. The van der Waals surface area contributed by atoms with Crippen LogP contribution in [0.25, 0.3) is 0 Å². The van der Waals surface area contributed by atoms with E-state index in [0.717, 1.165) is 25.1 Å². The second-order valence-corrected chi connectivity index (χ2v) is 8.96. The first-order valence-corrected chi connectivity index (χ1v) is 10.2. The molecule has 1 fully saturated rings. The van der Waals surface area contributed by atoms with Crippen molar-refractivity contribution in [2.45, 2.75) is 17.9 Å². The van der Waals surface area contributed by atoms with Crippen molar-refractivity contribution >= 4 is 27.4 Å². The van der Waals surface area contributed by atoms with E-state index in [9.17, 15) is 8.42 Å². The molecule has 2 aromatic rings. The maximum absolute atomic E-state index is 12.9. The molecule has 0 aliphatic carbocycles. The number of hydrogen-bond acceptors (Lipinski definition) is 6. The van der Waals surface area contributed by atoms with Crippen LogP contribution >= 0.6 is 11.6 Å². The van der Waals surface area contributed by atoms with Crippen LogP contribution in [-0.4, -0.2) is 54.3 Å². The van der Waals surface area contributed by atoms with Crippen LogP contribution in [0.1, 0.15) is 12.0 Å². The number of nitrogens with zero attached hydrogens (tertiary/aromatic N) is 4. The molecule has 1 unspecified atom stereocenters. The number of sulfonamides is 1. The summed E-state index contributed by atoms with van der Waals surface area (Å²) in [7, 11) is -1.66. The molecule has 9 heteroatoms. The van der Waals surface area contributed by atoms with Gasteiger partial charge in [-0.05, 0) is 37.1 Å². The third-order valence-electron chi connectivity index (χ3n) is 4.46. The van der Waals surface area contributed by atoms with Crippen molar-refractivity contribution in [3.63, 3.8) is 0 Å². The molecule has 2 aromatic heterocycles. The summed E-state index contributed by atoms with van der Waals surface area (Å²) in [6, 6.07) is 5.31. The number of aromatic nitrogens is 2. The van der Waals surface area contributed by atoms with Gasteiger partial charge in [0.15, 0.2) is 0 Å². The Bertz CT molecular complexity index is 863. The van der Waals surface area contributed by atoms with Crippen molar-refractivity contribution < 1.29 is 8.42 Å². The molecule has 7 nitrogen and oxygen atoms in total. The molecule has 1 saturated heterocycles. The Morgan fingerprint density at radius 2 is 2.23 bits per heavy atom. The van der Waals surface area contributed by atoms with Gasteiger partial charge in [0.1, 0.15) is 10.7 Å². The number of hydrogen-bond donors (Lipinski definition) is 1. The van der Waals surface area contributed by atoms with Crippen molar-refractivity contribution in [2.24, 2.45) is 5.92 Å². The number of rotatable bonds is 6. The van der Waals surface area contributed by atoms with Gasteiger partial charge in [0.2, 0.25) is 10.0 Å². The Labute approximate surface area is 158 Å². The fourth-order valence-electron chi connectivity index (χ4n) is 3.25. The number of anilines is 1. The third kappa shape index (κ3) is 4.32. The Balaban J connectivity index is 1.63. The van der Waals surface area contributed by atoms with Crippen molar-refractivity contribution in [3.05, 3.63) is 47.4 Å². The van der Waals surface area contributed by atoms with Crippen LogP contribution in [0, 0.1) is 5.92 Å². The maximum atomic E-state index is 12.9. The summed E-state index contributed by atoms with van der Waals surface area (Å²) in [4.78, 5) is 10.1. The van der Waals surface area contributed by atoms with Crippen molar-refractivity contribution in [1.29, 1.82) is 0 Å². The van der Waals surface area contributed by atoms with E-state index < -0.39 is 10.0 Å². The highest BCUT2D eigenvalue weighted by Gasteiger charge is 2.34. The molecule has 0 saturated carbocycles. The van der Waals surface area contributed by atoms with Crippen LogP contribution < -0.4 is 5.73 Å². The molecule has 3 rings (SSSR count). The molecule has 2 N–H and O–H groups in total. The van der Waals surface area contributed by atoms with Crippen molar-refractivity contribution in [2.75, 3.05) is 32.4 Å². The number of pyridine rings is 2. The van der Waals surface area contributed by atoms with Crippen molar-refractivity contribution in [1.82, 2.24) is 19.2 Å². The van der Waals surface area contributed by atoms with Gasteiger partial charge in [-0.25, -0.2) is 13.4 Å². The third-order valence-corrected chi connectivity index (χ3v) is 6.56. The zero-order valence-electron chi connectivity index (χ0n) is 14.5. The number of nitrogens with two attached hydrogens (primary N) is 1. The lowest BCUT2D eigenvalue weighted by Crippen LogP contribution is -2.32. The summed E-state index contributed by atoms with van der Waals surface area (Å²) >= 11 is 5.89. The normalized spacial score (nSPS) is 18.5. The monoisotopic (exact) mass is 395 g/mol. The molecule has 1 aliphatic heterocycles. The summed E-state index contributed by atoms with van der Waals surface area (Å²) in [5.41, 5.74) is 6.89. The highest BCUT2D eigenvalue weighted by molar-refractivity contribution is 7.89. The number of nitrogen functional groups attached to an aromatic ring is 1. The fraction of sp³-hybridized carbons (Fsp3) is 0.412. The van der Waals surface area contributed by atoms with Crippen LogP contribution in [-0.2, 0) is 16.6 Å². The molecular formula is C17H22ClN5O2S. The topological polar surface area (TPSA) is 92.4 Å². The Morgan fingerprint density at radius 1 is 1.42 bits per heavy atom. The lowest BCUT2D eigenvalue weighted by molar-refractivity contribution is 0.273. The molecular weight excluding hydrogens is 374 g/mol. The molecule has 140 valence electrons. The van der Waals surface area contributed by atoms with Gasteiger partial charge in [-0.3, -0.25) is 4.98 Å². The van der Waals surface area contributed by atoms with Crippen LogP contribution in [0.3, 0.4) is 0 Å². The Morgan fingerprint density at radius 3 is 2.96 bits per heavy atom. The van der Waals surface area contributed by atoms with Gasteiger partial charge >= 0.3 is 0 Å². The summed E-state index contributed by atoms with van der Waals surface area (Å²) in [5, 5.41) is 0.254. The molecule has 1 atom stereocenters. The Hall–Kier alpha value is -1.74. The van der Waals surface area contributed by atoms with E-state index in [1.807, 2.05) is 25.4 Å². The van der Waals surface area contributed by atoms with E-state index >= 15 is 0 Å². The van der Waals surface area contributed by atoms with Crippen LogP contribution in [0.15, 0.2) is 41.7 Å². The summed E-state index contributed by atoms with van der Waals surface area (Å²) in [5.74, 6) is 0.242. The average molecular weight is 396 g/mol. The SMILES string of the molecule is CN(Cc1cccnc1)CC1CCN(S(=O)(=O)c2cc(Cl)cnc2N)C1. The molecule has 0 spiro atoms. The molecule has 0 amide bonds. The molecule has 0 radical (unpaired) electrons. The molecule has 0 aromatic carbocycles. The van der Waals surface area contributed by atoms with Crippen LogP contribution in [0.5, 0.6) is 0 Å². The molecule has 3 heterocycles. The largest absolute Gasteiger partial charge is 0.383 e. The quantitative estimate of drug-likeness (QED) is 0.802. The van der Waals surface area contributed by atoms with Gasteiger partial charge in [0, 0.05) is 44.8 Å². The predicted molar refractivity (Wildman–Crippen MR) is 101 cm³/mol. The summed E-state index contributed by atoms with van der Waals surface area (Å²) < 4.78 is 27.2. The van der Waals surface area contributed by atoms with Gasteiger partial charge in [-0.15, -0.1) is 0 Å². The van der Waals surface area contributed by atoms with Gasteiger partial charge in [-0.2, -0.15) is 4.31 Å². The first kappa shape index (κ1) is 19.0. The minimum atomic E-state index is -3.69. The highest BCUT2D eigenvalue weighted by Crippen LogP contribution is 2.28. The highest BCUT2D eigenvalue weighted by atomic mass is 35.5. The molecule has 26 heavy (non-hydrogen) atoms. The average Bonchev–Trinajstić information content (AvgIpc) is 3.07. The van der Waals surface area contributed by atoms with Gasteiger partial charge < -0.3 is 10.6 Å². The Kier molecular flexibility index (Phi) is 5.76. The van der Waals surface area contributed by atoms with E-state index in [1.54, 1.807) is 6.20 Å². The zero-order chi connectivity index (χ0) is 18.7. The van der Waals surface area contributed by atoms with Gasteiger partial charge in [0.25, 0.3) is 0 Å². The fourth-order valence-corrected chi connectivity index (χ4v) is 5.10. The second-order valence-electron chi connectivity index (χ2n) is 6.61. The number of halogens is 1. The van der Waals surface area contributed by atoms with Crippen LogP contribution in [0.4, 0.5) is 5.82 Å². The first-order chi connectivity index (χ1) is 12.4. The minimum absolute atomic E-state index is 0.0191. The lowest BCUT2D eigenvalue weighted by atomic mass is 10.1. The van der Waals surface area contributed by atoms with E-state index in [1.165, 1.54) is 16.6 Å². The predicted octanol–water partition coefficient (Wildman–Crippen LogP) is 1.85. The van der Waals surface area contributed by atoms with E-state index in [0.29, 0.717) is 13.1 Å². The van der Waals surface area contributed by atoms with Crippen LogP contribution in [0.2, 0.25) is 5.02 Å². The second kappa shape index (κ2) is 7.87. The minimum Gasteiger partial charge on any atom is -0.383 e. The molecule has 0 bridgehead atoms. The lowest BCUT2D eigenvalue weighted by Gasteiger charge is -2.21. The van der Waals surface area contributed by atoms with E-state index in [4.69, 9.17) is 17.3 Å². The maximum Gasteiger partial charge on any atom is 0.246 e. The van der Waals surface area contributed by atoms with E-state index in [-0.39, 0.29) is 21.7 Å². The smallest absolute Gasteiger partial charge is 0.246 e. The van der Waals surface area contributed by atoms with Crippen molar-refractivity contribution in [3.8, 4) is 0 Å². The zero-order valence-corrected chi connectivity index (χ0v) is 16.1. The standard InChI is InChI=1S/C17H22ClN5O2S/c1-22(10-13-3-2-5-20-8-13)11-14-4-6-23(12-14)26(24,25)16-7-15(18)9-21-17(16)19/h2-3,5,7-9,14H,4,6,10-12H2,1H3,(H2,19,21). The van der Waals surface area contributed by atoms with Gasteiger partial charge in [-0.1, -0.05) is 17.7 Å². The van der Waals surface area contributed by atoms with E-state index in [2.05, 4.69) is 14.9 Å².